The molecular weight excluding hydrogens is 284 g/mol. The average Bonchev–Trinajstić information content (AvgIpc) is 2.51. The van der Waals surface area contributed by atoms with E-state index < -0.39 is 29.6 Å². The molecule has 0 N–H and O–H groups in total. The van der Waals surface area contributed by atoms with E-state index in [2.05, 4.69) is 4.74 Å². The minimum atomic E-state index is -1.05. The summed E-state index contributed by atoms with van der Waals surface area (Å²) in [5.74, 6) is -3.12. The number of ether oxygens (including phenoxy) is 2. The van der Waals surface area contributed by atoms with Crippen LogP contribution >= 0.6 is 0 Å². The first kappa shape index (κ1) is 15.4. The molecule has 1 amide bonds. The van der Waals surface area contributed by atoms with Gasteiger partial charge in [0, 0.05) is 12.1 Å². The molecule has 0 radical (unpaired) electrons. The fourth-order valence-electron chi connectivity index (χ4n) is 2.18. The highest BCUT2D eigenvalue weighted by molar-refractivity contribution is 5.86. The number of hydrogen-bond acceptors (Lipinski definition) is 4. The summed E-state index contributed by atoms with van der Waals surface area (Å²) in [6.07, 6.45) is -0.322. The second-order valence-corrected chi connectivity index (χ2v) is 4.59. The van der Waals surface area contributed by atoms with Crippen LogP contribution in [0.25, 0.3) is 0 Å². The summed E-state index contributed by atoms with van der Waals surface area (Å²) in [5.41, 5.74) is -0.0462. The molecule has 0 aliphatic carbocycles. The number of rotatable bonds is 3. The van der Waals surface area contributed by atoms with E-state index in [1.165, 1.54) is 24.1 Å². The lowest BCUT2D eigenvalue weighted by molar-refractivity contribution is -0.160. The number of methoxy groups -OCH3 is 1. The molecule has 1 saturated heterocycles. The highest BCUT2D eigenvalue weighted by atomic mass is 19.2. The van der Waals surface area contributed by atoms with E-state index in [0.29, 0.717) is 0 Å². The van der Waals surface area contributed by atoms with Gasteiger partial charge in [-0.2, -0.15) is 0 Å². The van der Waals surface area contributed by atoms with E-state index in [9.17, 15) is 18.4 Å². The minimum absolute atomic E-state index is 0.0318. The van der Waals surface area contributed by atoms with Crippen molar-refractivity contribution >= 4 is 11.9 Å². The minimum Gasteiger partial charge on any atom is -0.467 e. The second-order valence-electron chi connectivity index (χ2n) is 4.59. The summed E-state index contributed by atoms with van der Waals surface area (Å²) in [6.45, 7) is 0.518. The van der Waals surface area contributed by atoms with Crippen molar-refractivity contribution in [1.82, 2.24) is 4.90 Å². The van der Waals surface area contributed by atoms with Crippen LogP contribution in [0.1, 0.15) is 5.56 Å². The van der Waals surface area contributed by atoms with Crippen LogP contribution in [0.4, 0.5) is 8.78 Å². The first-order valence-electron chi connectivity index (χ1n) is 6.42. The first-order valence-corrected chi connectivity index (χ1v) is 6.42. The number of benzene rings is 1. The van der Waals surface area contributed by atoms with Gasteiger partial charge in [-0.3, -0.25) is 4.79 Å². The lowest BCUT2D eigenvalue weighted by Gasteiger charge is -2.33. The molecule has 1 unspecified atom stereocenters. The Bertz CT molecular complexity index is 550. The molecule has 1 atom stereocenters. The van der Waals surface area contributed by atoms with E-state index in [0.717, 1.165) is 6.07 Å². The third-order valence-electron chi connectivity index (χ3n) is 3.30. The van der Waals surface area contributed by atoms with Crippen LogP contribution < -0.4 is 0 Å². The van der Waals surface area contributed by atoms with E-state index in [-0.39, 0.29) is 31.7 Å². The number of esters is 1. The van der Waals surface area contributed by atoms with Crippen molar-refractivity contribution in [2.75, 3.05) is 26.9 Å². The predicted molar refractivity (Wildman–Crippen MR) is 68.4 cm³/mol. The summed E-state index contributed by atoms with van der Waals surface area (Å²) in [6, 6.07) is 2.80. The van der Waals surface area contributed by atoms with Gasteiger partial charge in [0.15, 0.2) is 17.7 Å². The molecule has 1 aliphatic rings. The molecule has 7 heteroatoms. The molecule has 5 nitrogen and oxygen atoms in total. The number of amides is 1. The zero-order valence-electron chi connectivity index (χ0n) is 11.5. The first-order chi connectivity index (χ1) is 10.0. The van der Waals surface area contributed by atoms with Gasteiger partial charge in [0.05, 0.1) is 26.7 Å². The van der Waals surface area contributed by atoms with E-state index >= 15 is 0 Å². The summed E-state index contributed by atoms with van der Waals surface area (Å²) in [5, 5.41) is 0. The number of carbonyl (C=O) groups excluding carboxylic acids is 2. The number of halogens is 2. The standard InChI is InChI=1S/C14H15F2NO4/c1-20-14(19)11-8-21-6-5-17(11)12(18)7-9-3-2-4-10(15)13(9)16/h2-4,11H,5-8H2,1H3. The lowest BCUT2D eigenvalue weighted by Crippen LogP contribution is -2.53. The molecule has 1 aliphatic heterocycles. The molecule has 1 heterocycles. The van der Waals surface area contributed by atoms with Gasteiger partial charge in [0.25, 0.3) is 0 Å². The molecular formula is C14H15F2NO4. The quantitative estimate of drug-likeness (QED) is 0.779. The highest BCUT2D eigenvalue weighted by Crippen LogP contribution is 2.15. The van der Waals surface area contributed by atoms with Crippen LogP contribution in [0.2, 0.25) is 0 Å². The Labute approximate surface area is 120 Å². The third-order valence-corrected chi connectivity index (χ3v) is 3.30. The Morgan fingerprint density at radius 1 is 1.43 bits per heavy atom. The normalized spacial score (nSPS) is 18.4. The number of carbonyl (C=O) groups is 2. The number of morpholine rings is 1. The molecule has 2 rings (SSSR count). The van der Waals surface area contributed by atoms with Crippen molar-refractivity contribution in [3.63, 3.8) is 0 Å². The van der Waals surface area contributed by atoms with Crippen molar-refractivity contribution in [1.29, 1.82) is 0 Å². The molecule has 1 fully saturated rings. The van der Waals surface area contributed by atoms with Crippen LogP contribution in [0.15, 0.2) is 18.2 Å². The zero-order chi connectivity index (χ0) is 15.4. The smallest absolute Gasteiger partial charge is 0.331 e. The molecule has 114 valence electrons. The topological polar surface area (TPSA) is 55.8 Å². The molecule has 0 spiro atoms. The fraction of sp³-hybridized carbons (Fsp3) is 0.429. The third kappa shape index (κ3) is 3.36. The SMILES string of the molecule is COC(=O)C1COCCN1C(=O)Cc1cccc(F)c1F. The largest absolute Gasteiger partial charge is 0.467 e. The molecule has 21 heavy (non-hydrogen) atoms. The maximum atomic E-state index is 13.6. The molecule has 1 aromatic carbocycles. The monoisotopic (exact) mass is 299 g/mol. The Morgan fingerprint density at radius 2 is 2.19 bits per heavy atom. The molecule has 0 aromatic heterocycles. The number of hydrogen-bond donors (Lipinski definition) is 0. The summed E-state index contributed by atoms with van der Waals surface area (Å²) < 4.78 is 36.5. The van der Waals surface area contributed by atoms with Crippen LogP contribution in [-0.2, 0) is 25.5 Å². The van der Waals surface area contributed by atoms with Crippen molar-refractivity contribution in [2.45, 2.75) is 12.5 Å². The molecule has 1 aromatic rings. The van der Waals surface area contributed by atoms with Gasteiger partial charge < -0.3 is 14.4 Å². The number of nitrogens with zero attached hydrogens (tertiary/aromatic N) is 1. The Hall–Kier alpha value is -2.02. The molecule has 0 saturated carbocycles. The fourth-order valence-corrected chi connectivity index (χ4v) is 2.18. The Morgan fingerprint density at radius 3 is 2.90 bits per heavy atom. The van der Waals surface area contributed by atoms with Gasteiger partial charge in [-0.05, 0) is 6.07 Å². The van der Waals surface area contributed by atoms with Crippen molar-refractivity contribution < 1.29 is 27.8 Å². The van der Waals surface area contributed by atoms with Gasteiger partial charge in [0.1, 0.15) is 0 Å². The Kier molecular flexibility index (Phi) is 4.85. The highest BCUT2D eigenvalue weighted by Gasteiger charge is 2.33. The van der Waals surface area contributed by atoms with Crippen LogP contribution in [0, 0.1) is 11.6 Å². The van der Waals surface area contributed by atoms with E-state index in [1.807, 2.05) is 0 Å². The van der Waals surface area contributed by atoms with Crippen molar-refractivity contribution in [3.05, 3.63) is 35.4 Å². The van der Waals surface area contributed by atoms with Gasteiger partial charge >= 0.3 is 5.97 Å². The Balaban J connectivity index is 2.14. The van der Waals surface area contributed by atoms with Gasteiger partial charge in [-0.25, -0.2) is 13.6 Å². The van der Waals surface area contributed by atoms with Crippen LogP contribution in [-0.4, -0.2) is 49.7 Å². The van der Waals surface area contributed by atoms with Gasteiger partial charge in [0.2, 0.25) is 5.91 Å². The average molecular weight is 299 g/mol. The molecule has 0 bridgehead atoms. The zero-order valence-corrected chi connectivity index (χ0v) is 11.5. The van der Waals surface area contributed by atoms with Crippen molar-refractivity contribution in [3.8, 4) is 0 Å². The van der Waals surface area contributed by atoms with Crippen LogP contribution in [0.5, 0.6) is 0 Å². The predicted octanol–water partition coefficient (Wildman–Crippen LogP) is 0.908. The maximum Gasteiger partial charge on any atom is 0.331 e. The van der Waals surface area contributed by atoms with E-state index in [4.69, 9.17) is 4.74 Å². The summed E-state index contributed by atoms with van der Waals surface area (Å²) in [7, 11) is 1.21. The van der Waals surface area contributed by atoms with Gasteiger partial charge in [-0.1, -0.05) is 12.1 Å². The second kappa shape index (κ2) is 6.62. The lowest BCUT2D eigenvalue weighted by atomic mass is 10.1. The van der Waals surface area contributed by atoms with Gasteiger partial charge in [-0.15, -0.1) is 0 Å². The maximum absolute atomic E-state index is 13.6. The summed E-state index contributed by atoms with van der Waals surface area (Å²) in [4.78, 5) is 25.1. The van der Waals surface area contributed by atoms with E-state index in [1.54, 1.807) is 0 Å². The van der Waals surface area contributed by atoms with Crippen molar-refractivity contribution in [2.24, 2.45) is 0 Å². The van der Waals surface area contributed by atoms with Crippen LogP contribution in [0.3, 0.4) is 0 Å². The summed E-state index contributed by atoms with van der Waals surface area (Å²) >= 11 is 0.